The minimum absolute atomic E-state index is 0.00840. The number of anilines is 1. The third-order valence-electron chi connectivity index (χ3n) is 2.38. The topological polar surface area (TPSA) is 67.4 Å². The maximum Gasteiger partial charge on any atom is 0.485 e. The van der Waals surface area contributed by atoms with Gasteiger partial charge >= 0.3 is 18.3 Å². The van der Waals surface area contributed by atoms with Gasteiger partial charge in [0.25, 0.3) is 0 Å². The Kier molecular flexibility index (Phi) is 6.01. The Hall–Kier alpha value is -2.25. The van der Waals surface area contributed by atoms with E-state index in [4.69, 9.17) is 4.74 Å². The van der Waals surface area contributed by atoms with Gasteiger partial charge in [0.05, 0.1) is 17.9 Å². The van der Waals surface area contributed by atoms with Crippen molar-refractivity contribution in [2.24, 2.45) is 0 Å². The molecule has 0 aliphatic rings. The Balaban J connectivity index is 2.75. The molecule has 5 nitrogen and oxygen atoms in total. The summed E-state index contributed by atoms with van der Waals surface area (Å²) in [5.41, 5.74) is -0.0633. The lowest BCUT2D eigenvalue weighted by Gasteiger charge is -2.12. The van der Waals surface area contributed by atoms with E-state index in [-0.39, 0.29) is 17.9 Å². The molecule has 1 aromatic carbocycles. The average molecular weight is 304 g/mol. The van der Waals surface area contributed by atoms with Gasteiger partial charge in [-0.2, -0.15) is 13.2 Å². The van der Waals surface area contributed by atoms with E-state index in [9.17, 15) is 22.8 Å². The minimum Gasteiger partial charge on any atom is -0.462 e. The van der Waals surface area contributed by atoms with E-state index in [1.54, 1.807) is 0 Å². The van der Waals surface area contributed by atoms with Crippen molar-refractivity contribution in [1.82, 2.24) is 5.32 Å². The molecule has 0 aromatic heterocycles. The van der Waals surface area contributed by atoms with Gasteiger partial charge in [-0.1, -0.05) is 25.5 Å². The summed E-state index contributed by atoms with van der Waals surface area (Å²) in [5.74, 6) is -0.702. The fourth-order valence-electron chi connectivity index (χ4n) is 1.44. The molecular weight excluding hydrogens is 289 g/mol. The second-order valence-electron chi connectivity index (χ2n) is 4.11. The molecule has 2 amide bonds. The van der Waals surface area contributed by atoms with Gasteiger partial charge in [-0.3, -0.25) is 0 Å². The Morgan fingerprint density at radius 1 is 1.24 bits per heavy atom. The second kappa shape index (κ2) is 7.51. The molecule has 0 saturated heterocycles. The summed E-state index contributed by atoms with van der Waals surface area (Å²) >= 11 is 0. The van der Waals surface area contributed by atoms with Crippen molar-refractivity contribution in [3.05, 3.63) is 29.8 Å². The first-order valence-corrected chi connectivity index (χ1v) is 6.25. The van der Waals surface area contributed by atoms with Crippen LogP contribution < -0.4 is 10.6 Å². The number of carbonyl (C=O) groups excluding carboxylic acids is 2. The van der Waals surface area contributed by atoms with Crippen LogP contribution in [0.25, 0.3) is 0 Å². The first kappa shape index (κ1) is 16.8. The molecule has 0 bridgehead atoms. The molecular formula is C13H15F3N2O3. The highest BCUT2D eigenvalue weighted by atomic mass is 19.4. The van der Waals surface area contributed by atoms with Gasteiger partial charge in [0.15, 0.2) is 0 Å². The zero-order valence-electron chi connectivity index (χ0n) is 11.3. The maximum atomic E-state index is 12.0. The van der Waals surface area contributed by atoms with Gasteiger partial charge in [0, 0.05) is 0 Å². The van der Waals surface area contributed by atoms with E-state index in [0.29, 0.717) is 6.42 Å². The molecule has 0 unspecified atom stereocenters. The molecule has 0 atom stereocenters. The van der Waals surface area contributed by atoms with Crippen molar-refractivity contribution >= 4 is 17.7 Å². The van der Waals surface area contributed by atoms with Crippen LogP contribution in [0, 0.1) is 0 Å². The standard InChI is InChI=1S/C13H15F3N2O3/c1-2-3-8-21-11(19)9-6-4-5-7-10(9)17-12(20)18-13(14,15)16/h4-7H,2-3,8H2,1H3,(H2,17,18,20). The number of halogens is 3. The zero-order chi connectivity index (χ0) is 15.9. The van der Waals surface area contributed by atoms with E-state index in [1.807, 2.05) is 12.2 Å². The number of ether oxygens (including phenoxy) is 1. The largest absolute Gasteiger partial charge is 0.485 e. The summed E-state index contributed by atoms with van der Waals surface area (Å²) in [5, 5.41) is 2.75. The fraction of sp³-hybridized carbons (Fsp3) is 0.385. The van der Waals surface area contributed by atoms with Crippen LogP contribution in [0.5, 0.6) is 0 Å². The first-order valence-electron chi connectivity index (χ1n) is 6.25. The monoisotopic (exact) mass is 304 g/mol. The second-order valence-corrected chi connectivity index (χ2v) is 4.11. The molecule has 1 rings (SSSR count). The maximum absolute atomic E-state index is 12.0. The molecule has 0 aliphatic heterocycles. The predicted octanol–water partition coefficient (Wildman–Crippen LogP) is 3.28. The van der Waals surface area contributed by atoms with Crippen LogP contribution in [0.1, 0.15) is 30.1 Å². The summed E-state index contributed by atoms with van der Waals surface area (Å²) in [6.07, 6.45) is -3.34. The van der Waals surface area contributed by atoms with E-state index in [2.05, 4.69) is 0 Å². The van der Waals surface area contributed by atoms with Gasteiger partial charge in [0.2, 0.25) is 0 Å². The third-order valence-corrected chi connectivity index (χ3v) is 2.38. The van der Waals surface area contributed by atoms with Crippen LogP contribution in [-0.2, 0) is 4.74 Å². The van der Waals surface area contributed by atoms with E-state index in [0.717, 1.165) is 11.7 Å². The molecule has 0 saturated carbocycles. The number of para-hydroxylation sites is 1. The number of nitrogens with one attached hydrogen (secondary N) is 2. The predicted molar refractivity (Wildman–Crippen MR) is 69.8 cm³/mol. The number of carbonyl (C=O) groups is 2. The molecule has 1 aromatic rings. The SMILES string of the molecule is CCCCOC(=O)c1ccccc1NC(=O)NC(F)(F)F. The molecule has 0 radical (unpaired) electrons. The van der Waals surface area contributed by atoms with Crippen molar-refractivity contribution in [3.8, 4) is 0 Å². The number of amides is 2. The smallest absolute Gasteiger partial charge is 0.462 e. The number of hydrogen-bond acceptors (Lipinski definition) is 3. The van der Waals surface area contributed by atoms with Gasteiger partial charge < -0.3 is 10.1 Å². The van der Waals surface area contributed by atoms with Crippen LogP contribution >= 0.6 is 0 Å². The Bertz CT molecular complexity index is 504. The van der Waals surface area contributed by atoms with Crippen LogP contribution in [0.2, 0.25) is 0 Å². The average Bonchev–Trinajstić information content (AvgIpc) is 2.37. The van der Waals surface area contributed by atoms with E-state index >= 15 is 0 Å². The number of alkyl halides is 3. The fourth-order valence-corrected chi connectivity index (χ4v) is 1.44. The molecule has 0 spiro atoms. The Labute approximate surface area is 119 Å². The quantitative estimate of drug-likeness (QED) is 0.498. The van der Waals surface area contributed by atoms with Crippen molar-refractivity contribution in [3.63, 3.8) is 0 Å². The molecule has 0 heterocycles. The van der Waals surface area contributed by atoms with Crippen molar-refractivity contribution < 1.29 is 27.5 Å². The number of rotatable bonds is 5. The molecule has 2 N–H and O–H groups in total. The highest BCUT2D eigenvalue weighted by Gasteiger charge is 2.30. The third kappa shape index (κ3) is 6.15. The van der Waals surface area contributed by atoms with Crippen LogP contribution in [-0.4, -0.2) is 24.9 Å². The number of benzene rings is 1. The number of esters is 1. The van der Waals surface area contributed by atoms with Crippen molar-refractivity contribution in [1.29, 1.82) is 0 Å². The van der Waals surface area contributed by atoms with Gasteiger partial charge in [-0.15, -0.1) is 0 Å². The van der Waals surface area contributed by atoms with E-state index < -0.39 is 18.3 Å². The summed E-state index contributed by atoms with van der Waals surface area (Å²) in [4.78, 5) is 23.0. The highest BCUT2D eigenvalue weighted by molar-refractivity contribution is 6.00. The molecule has 8 heteroatoms. The Morgan fingerprint density at radius 2 is 1.90 bits per heavy atom. The lowest BCUT2D eigenvalue weighted by Crippen LogP contribution is -2.40. The van der Waals surface area contributed by atoms with Gasteiger partial charge in [0.1, 0.15) is 0 Å². The summed E-state index contributed by atoms with van der Waals surface area (Å²) in [6.45, 7) is 2.13. The van der Waals surface area contributed by atoms with Gasteiger partial charge in [-0.25, -0.2) is 14.9 Å². The minimum atomic E-state index is -4.85. The molecule has 21 heavy (non-hydrogen) atoms. The normalized spacial score (nSPS) is 10.9. The summed E-state index contributed by atoms with van der Waals surface area (Å²) in [6, 6.07) is 4.19. The molecule has 0 aliphatic carbocycles. The molecule has 0 fully saturated rings. The first-order chi connectivity index (χ1) is 9.83. The highest BCUT2D eigenvalue weighted by Crippen LogP contribution is 2.17. The summed E-state index contributed by atoms with van der Waals surface area (Å²) < 4.78 is 41.0. The van der Waals surface area contributed by atoms with Crippen molar-refractivity contribution in [2.45, 2.75) is 26.1 Å². The van der Waals surface area contributed by atoms with Crippen LogP contribution in [0.15, 0.2) is 24.3 Å². The van der Waals surface area contributed by atoms with E-state index in [1.165, 1.54) is 24.3 Å². The molecule has 116 valence electrons. The van der Waals surface area contributed by atoms with Crippen molar-refractivity contribution in [2.75, 3.05) is 11.9 Å². The van der Waals surface area contributed by atoms with Crippen LogP contribution in [0.3, 0.4) is 0 Å². The summed E-state index contributed by atoms with van der Waals surface area (Å²) in [7, 11) is 0. The van der Waals surface area contributed by atoms with Crippen LogP contribution in [0.4, 0.5) is 23.7 Å². The van der Waals surface area contributed by atoms with Gasteiger partial charge in [-0.05, 0) is 18.6 Å². The Morgan fingerprint density at radius 3 is 2.52 bits per heavy atom. The number of unbranched alkanes of at least 4 members (excludes halogenated alkanes) is 1. The number of hydrogen-bond donors (Lipinski definition) is 2. The lowest BCUT2D eigenvalue weighted by molar-refractivity contribution is -0.144. The zero-order valence-corrected chi connectivity index (χ0v) is 11.3. The lowest BCUT2D eigenvalue weighted by atomic mass is 10.2. The number of urea groups is 1.